The van der Waals surface area contributed by atoms with E-state index in [9.17, 15) is 4.79 Å². The Morgan fingerprint density at radius 2 is 2.25 bits per heavy atom. The summed E-state index contributed by atoms with van der Waals surface area (Å²) in [4.78, 5) is 11.2. The van der Waals surface area contributed by atoms with Crippen LogP contribution in [0.15, 0.2) is 12.1 Å². The summed E-state index contributed by atoms with van der Waals surface area (Å²) in [6, 6.07) is 5.52. The molecule has 0 aromatic heterocycles. The molecule has 0 aliphatic carbocycles. The van der Waals surface area contributed by atoms with Crippen LogP contribution in [-0.4, -0.2) is 13.1 Å². The van der Waals surface area contributed by atoms with Gasteiger partial charge in [-0.2, -0.15) is 5.26 Å². The zero-order chi connectivity index (χ0) is 12.1. The van der Waals surface area contributed by atoms with Crippen molar-refractivity contribution in [3.05, 3.63) is 33.8 Å². The first-order valence-electron chi connectivity index (χ1n) is 4.91. The molecule has 0 unspecified atom stereocenters. The van der Waals surface area contributed by atoms with Crippen LogP contribution in [0.4, 0.5) is 0 Å². The van der Waals surface area contributed by atoms with Gasteiger partial charge in [0.15, 0.2) is 0 Å². The molecule has 0 amide bonds. The van der Waals surface area contributed by atoms with Crippen LogP contribution in [0.5, 0.6) is 0 Å². The maximum absolute atomic E-state index is 11.2. The average molecular weight is 238 g/mol. The molecule has 0 fully saturated rings. The fourth-order valence-corrected chi connectivity index (χ4v) is 1.80. The molecule has 0 bridgehead atoms. The minimum atomic E-state index is -0.397. The molecule has 4 heteroatoms. The van der Waals surface area contributed by atoms with Gasteiger partial charge in [-0.3, -0.25) is 4.79 Å². The Kier molecular flexibility index (Phi) is 4.33. The summed E-state index contributed by atoms with van der Waals surface area (Å²) in [5.74, 6) is -0.397. The number of nitriles is 1. The number of carbonyl (C=O) groups excluding carboxylic acids is 1. The molecule has 0 saturated carbocycles. The van der Waals surface area contributed by atoms with Gasteiger partial charge in [0.25, 0.3) is 0 Å². The number of nitrogens with zero attached hydrogens (tertiary/aromatic N) is 1. The predicted molar refractivity (Wildman–Crippen MR) is 61.3 cm³/mol. The summed E-state index contributed by atoms with van der Waals surface area (Å²) < 4.78 is 4.58. The van der Waals surface area contributed by atoms with Crippen molar-refractivity contribution in [3.8, 4) is 6.07 Å². The molecule has 0 saturated heterocycles. The number of aryl methyl sites for hydroxylation is 1. The molecule has 0 atom stereocenters. The molecular formula is C12H12ClNO2. The number of methoxy groups -OCH3 is 1. The number of esters is 1. The third kappa shape index (κ3) is 2.53. The van der Waals surface area contributed by atoms with Gasteiger partial charge in [-0.25, -0.2) is 0 Å². The molecule has 1 rings (SSSR count). The fraction of sp³-hybridized carbons (Fsp3) is 0.333. The van der Waals surface area contributed by atoms with Gasteiger partial charge in [0.2, 0.25) is 0 Å². The molecule has 0 aliphatic heterocycles. The van der Waals surface area contributed by atoms with Gasteiger partial charge in [0, 0.05) is 5.02 Å². The van der Waals surface area contributed by atoms with Crippen molar-refractivity contribution in [1.29, 1.82) is 5.26 Å². The number of hydrogen-bond acceptors (Lipinski definition) is 3. The van der Waals surface area contributed by atoms with E-state index in [2.05, 4.69) is 4.74 Å². The van der Waals surface area contributed by atoms with Crippen molar-refractivity contribution in [2.75, 3.05) is 7.11 Å². The summed E-state index contributed by atoms with van der Waals surface area (Å²) in [5.41, 5.74) is 1.91. The number of rotatable bonds is 3. The van der Waals surface area contributed by atoms with Crippen molar-refractivity contribution in [3.63, 3.8) is 0 Å². The number of benzene rings is 1. The van der Waals surface area contributed by atoms with Crippen molar-refractivity contribution >= 4 is 17.6 Å². The number of ether oxygens (including phenoxy) is 1. The quantitative estimate of drug-likeness (QED) is 0.759. The van der Waals surface area contributed by atoms with E-state index in [-0.39, 0.29) is 6.42 Å². The minimum absolute atomic E-state index is 0.0338. The first-order valence-corrected chi connectivity index (χ1v) is 5.29. The van der Waals surface area contributed by atoms with Gasteiger partial charge in [-0.1, -0.05) is 24.6 Å². The molecule has 3 nitrogen and oxygen atoms in total. The largest absolute Gasteiger partial charge is 0.469 e. The van der Waals surface area contributed by atoms with Gasteiger partial charge in [-0.15, -0.1) is 0 Å². The van der Waals surface area contributed by atoms with Crippen LogP contribution in [0.25, 0.3) is 0 Å². The SMILES string of the molecule is CCc1ccc(C#N)c(CC(=O)OC)c1Cl. The number of halogens is 1. The lowest BCUT2D eigenvalue weighted by molar-refractivity contribution is -0.139. The van der Waals surface area contributed by atoms with Gasteiger partial charge in [-0.05, 0) is 23.6 Å². The third-order valence-electron chi connectivity index (χ3n) is 2.37. The zero-order valence-electron chi connectivity index (χ0n) is 9.21. The predicted octanol–water partition coefficient (Wildman–Crippen LogP) is 2.49. The molecule has 0 spiro atoms. The second kappa shape index (κ2) is 5.53. The van der Waals surface area contributed by atoms with Crippen molar-refractivity contribution in [2.24, 2.45) is 0 Å². The highest BCUT2D eigenvalue weighted by molar-refractivity contribution is 6.32. The van der Waals surface area contributed by atoms with Crippen LogP contribution in [-0.2, 0) is 22.4 Å². The van der Waals surface area contributed by atoms with Gasteiger partial charge >= 0.3 is 5.97 Å². The molecule has 1 aromatic rings. The van der Waals surface area contributed by atoms with Crippen molar-refractivity contribution in [2.45, 2.75) is 19.8 Å². The van der Waals surface area contributed by atoms with Crippen LogP contribution in [0.2, 0.25) is 5.02 Å². The second-order valence-electron chi connectivity index (χ2n) is 3.28. The Hall–Kier alpha value is -1.53. The van der Waals surface area contributed by atoms with E-state index in [1.54, 1.807) is 6.07 Å². The molecule has 0 N–H and O–H groups in total. The molecular weight excluding hydrogens is 226 g/mol. The van der Waals surface area contributed by atoms with Gasteiger partial charge in [0.05, 0.1) is 25.2 Å². The van der Waals surface area contributed by atoms with E-state index in [1.165, 1.54) is 7.11 Å². The van der Waals surface area contributed by atoms with E-state index in [1.807, 2.05) is 19.1 Å². The van der Waals surface area contributed by atoms with E-state index in [0.29, 0.717) is 16.1 Å². The van der Waals surface area contributed by atoms with Crippen molar-refractivity contribution in [1.82, 2.24) is 0 Å². The maximum Gasteiger partial charge on any atom is 0.310 e. The summed E-state index contributed by atoms with van der Waals surface area (Å²) >= 11 is 6.13. The van der Waals surface area contributed by atoms with E-state index < -0.39 is 5.97 Å². The first kappa shape index (κ1) is 12.5. The lowest BCUT2D eigenvalue weighted by Gasteiger charge is -2.09. The monoisotopic (exact) mass is 237 g/mol. The lowest BCUT2D eigenvalue weighted by Crippen LogP contribution is -2.07. The lowest BCUT2D eigenvalue weighted by atomic mass is 10.0. The zero-order valence-corrected chi connectivity index (χ0v) is 9.97. The highest BCUT2D eigenvalue weighted by Gasteiger charge is 2.14. The summed E-state index contributed by atoms with van der Waals surface area (Å²) in [5, 5.41) is 9.42. The van der Waals surface area contributed by atoms with E-state index in [0.717, 1.165) is 12.0 Å². The Balaban J connectivity index is 3.22. The normalized spacial score (nSPS) is 9.62. The van der Waals surface area contributed by atoms with Crippen LogP contribution in [0.1, 0.15) is 23.6 Å². The Morgan fingerprint density at radius 1 is 1.56 bits per heavy atom. The molecule has 84 valence electrons. The van der Waals surface area contributed by atoms with Crippen LogP contribution < -0.4 is 0 Å². The highest BCUT2D eigenvalue weighted by Crippen LogP contribution is 2.25. The molecule has 0 heterocycles. The van der Waals surface area contributed by atoms with E-state index in [4.69, 9.17) is 16.9 Å². The van der Waals surface area contributed by atoms with Crippen molar-refractivity contribution < 1.29 is 9.53 Å². The second-order valence-corrected chi connectivity index (χ2v) is 3.66. The summed E-state index contributed by atoms with van der Waals surface area (Å²) in [7, 11) is 1.31. The average Bonchev–Trinajstić information content (AvgIpc) is 2.31. The van der Waals surface area contributed by atoms with Crippen LogP contribution in [0.3, 0.4) is 0 Å². The maximum atomic E-state index is 11.2. The third-order valence-corrected chi connectivity index (χ3v) is 2.84. The Morgan fingerprint density at radius 3 is 2.75 bits per heavy atom. The molecule has 0 radical (unpaired) electrons. The molecule has 1 aromatic carbocycles. The first-order chi connectivity index (χ1) is 7.63. The van der Waals surface area contributed by atoms with Gasteiger partial charge < -0.3 is 4.74 Å². The Bertz CT molecular complexity index is 449. The standard InChI is InChI=1S/C12H12ClNO2/c1-3-8-4-5-9(7-14)10(12(8)13)6-11(15)16-2/h4-5H,3,6H2,1-2H3. The molecule has 16 heavy (non-hydrogen) atoms. The number of hydrogen-bond donors (Lipinski definition) is 0. The Labute approximate surface area is 99.6 Å². The van der Waals surface area contributed by atoms with Crippen LogP contribution in [0, 0.1) is 11.3 Å². The smallest absolute Gasteiger partial charge is 0.310 e. The van der Waals surface area contributed by atoms with Gasteiger partial charge in [0.1, 0.15) is 0 Å². The van der Waals surface area contributed by atoms with E-state index >= 15 is 0 Å². The summed E-state index contributed by atoms with van der Waals surface area (Å²) in [6.07, 6.45) is 0.796. The molecule has 0 aliphatic rings. The highest BCUT2D eigenvalue weighted by atomic mass is 35.5. The fourth-order valence-electron chi connectivity index (χ4n) is 1.44. The summed E-state index contributed by atoms with van der Waals surface area (Å²) in [6.45, 7) is 1.97. The minimum Gasteiger partial charge on any atom is -0.469 e. The topological polar surface area (TPSA) is 50.1 Å². The number of carbonyl (C=O) groups is 1. The van der Waals surface area contributed by atoms with Crippen LogP contribution >= 0.6 is 11.6 Å².